The second-order valence-corrected chi connectivity index (χ2v) is 17.0. The van der Waals surface area contributed by atoms with E-state index in [2.05, 4.69) is 39.3 Å². The molecule has 1 aromatic rings. The van der Waals surface area contributed by atoms with Crippen LogP contribution in [0.25, 0.3) is 0 Å². The van der Waals surface area contributed by atoms with E-state index in [1.54, 1.807) is 0 Å². The second kappa shape index (κ2) is 7.15. The summed E-state index contributed by atoms with van der Waals surface area (Å²) in [6.45, 7) is 15.0. The summed E-state index contributed by atoms with van der Waals surface area (Å²) in [7, 11) is -3.45. The summed E-state index contributed by atoms with van der Waals surface area (Å²) < 4.78 is 12.6. The molecule has 0 N–H and O–H groups in total. The SMILES string of the molecule is CC(O[Si](C)(C)C)[C@@H](O[Si](C)(C)C)c1c(Cl)cccc1Cl. The predicted octanol–water partition coefficient (Wildman–Crippen LogP) is 6.13. The van der Waals surface area contributed by atoms with Crippen LogP contribution in [0.5, 0.6) is 0 Å². The number of rotatable bonds is 6. The van der Waals surface area contributed by atoms with Crippen molar-refractivity contribution >= 4 is 39.8 Å². The second-order valence-electron chi connectivity index (χ2n) is 7.22. The van der Waals surface area contributed by atoms with Crippen LogP contribution in [0.4, 0.5) is 0 Å². The molecule has 0 heterocycles. The van der Waals surface area contributed by atoms with Gasteiger partial charge in [-0.25, -0.2) is 0 Å². The first-order valence-electron chi connectivity index (χ1n) is 7.20. The highest BCUT2D eigenvalue weighted by atomic mass is 35.5. The lowest BCUT2D eigenvalue weighted by Crippen LogP contribution is -2.39. The molecule has 0 radical (unpaired) electrons. The van der Waals surface area contributed by atoms with Gasteiger partial charge in [0, 0.05) is 15.6 Å². The van der Waals surface area contributed by atoms with E-state index in [4.69, 9.17) is 32.1 Å². The van der Waals surface area contributed by atoms with Crippen LogP contribution in [-0.4, -0.2) is 22.7 Å². The van der Waals surface area contributed by atoms with E-state index < -0.39 is 16.6 Å². The molecular weight excluding hydrogens is 339 g/mol. The van der Waals surface area contributed by atoms with E-state index in [0.717, 1.165) is 5.56 Å². The normalized spacial score (nSPS) is 15.9. The number of hydrogen-bond donors (Lipinski definition) is 0. The molecule has 0 aliphatic carbocycles. The molecule has 1 aromatic carbocycles. The molecule has 0 spiro atoms. The van der Waals surface area contributed by atoms with Gasteiger partial charge in [-0.1, -0.05) is 29.3 Å². The molecule has 21 heavy (non-hydrogen) atoms. The van der Waals surface area contributed by atoms with Crippen LogP contribution in [0, 0.1) is 0 Å². The Morgan fingerprint density at radius 1 is 0.857 bits per heavy atom. The molecule has 0 aliphatic rings. The summed E-state index contributed by atoms with van der Waals surface area (Å²) in [6.07, 6.45) is -0.314. The molecule has 0 saturated carbocycles. The van der Waals surface area contributed by atoms with Crippen molar-refractivity contribution in [1.29, 1.82) is 0 Å². The van der Waals surface area contributed by atoms with Crippen LogP contribution in [0.3, 0.4) is 0 Å². The van der Waals surface area contributed by atoms with Crippen molar-refractivity contribution in [1.82, 2.24) is 0 Å². The van der Waals surface area contributed by atoms with Crippen molar-refractivity contribution in [2.45, 2.75) is 58.4 Å². The molecule has 2 nitrogen and oxygen atoms in total. The molecule has 1 unspecified atom stereocenters. The topological polar surface area (TPSA) is 18.5 Å². The minimum atomic E-state index is -1.77. The maximum absolute atomic E-state index is 6.38. The summed E-state index contributed by atoms with van der Waals surface area (Å²) in [5, 5.41) is 1.27. The van der Waals surface area contributed by atoms with E-state index in [9.17, 15) is 0 Å². The Morgan fingerprint density at radius 3 is 1.67 bits per heavy atom. The Bertz CT molecular complexity index is 461. The smallest absolute Gasteiger partial charge is 0.184 e. The van der Waals surface area contributed by atoms with Crippen molar-refractivity contribution in [2.75, 3.05) is 0 Å². The van der Waals surface area contributed by atoms with Crippen LogP contribution in [0.15, 0.2) is 18.2 Å². The Kier molecular flexibility index (Phi) is 6.54. The molecular formula is C15H26Cl2O2Si2. The van der Waals surface area contributed by atoms with Crippen molar-refractivity contribution < 1.29 is 8.85 Å². The Hall–Kier alpha value is 0.154. The summed E-state index contributed by atoms with van der Waals surface area (Å²) in [5.41, 5.74) is 0.842. The van der Waals surface area contributed by atoms with Gasteiger partial charge in [-0.2, -0.15) is 0 Å². The Morgan fingerprint density at radius 2 is 1.29 bits per heavy atom. The zero-order valence-corrected chi connectivity index (χ0v) is 17.5. The lowest BCUT2D eigenvalue weighted by Gasteiger charge is -2.35. The average molecular weight is 365 g/mol. The predicted molar refractivity (Wildman–Crippen MR) is 97.5 cm³/mol. The summed E-state index contributed by atoms with van der Waals surface area (Å²) in [5.74, 6) is 0. The summed E-state index contributed by atoms with van der Waals surface area (Å²) in [6, 6.07) is 5.55. The lowest BCUT2D eigenvalue weighted by atomic mass is 10.1. The zero-order valence-electron chi connectivity index (χ0n) is 14.0. The molecule has 0 saturated heterocycles. The van der Waals surface area contributed by atoms with Crippen LogP contribution < -0.4 is 0 Å². The van der Waals surface area contributed by atoms with Gasteiger partial charge in [0.2, 0.25) is 0 Å². The zero-order chi connectivity index (χ0) is 16.4. The largest absolute Gasteiger partial charge is 0.412 e. The molecule has 0 fully saturated rings. The Labute approximate surface area is 141 Å². The van der Waals surface area contributed by atoms with Gasteiger partial charge >= 0.3 is 0 Å². The standard InChI is InChI=1S/C15H26Cl2O2Si2/c1-11(18-20(2,3)4)15(19-21(5,6)7)14-12(16)9-8-10-13(14)17/h8-11,15H,1-7H3/t11?,15-/m1/s1. The van der Waals surface area contributed by atoms with Gasteiger partial charge in [0.15, 0.2) is 16.6 Å². The van der Waals surface area contributed by atoms with E-state index in [-0.39, 0.29) is 12.2 Å². The van der Waals surface area contributed by atoms with E-state index in [1.807, 2.05) is 25.1 Å². The summed E-state index contributed by atoms with van der Waals surface area (Å²) >= 11 is 12.8. The highest BCUT2D eigenvalue weighted by Gasteiger charge is 2.33. The molecule has 6 heteroatoms. The van der Waals surface area contributed by atoms with Crippen molar-refractivity contribution in [3.8, 4) is 0 Å². The third-order valence-corrected chi connectivity index (χ3v) is 5.43. The third kappa shape index (κ3) is 6.42. The first-order valence-corrected chi connectivity index (χ1v) is 14.8. The third-order valence-electron chi connectivity index (χ3n) is 2.73. The molecule has 1 rings (SSSR count). The van der Waals surface area contributed by atoms with E-state index in [1.165, 1.54) is 0 Å². The average Bonchev–Trinajstić information content (AvgIpc) is 2.23. The summed E-state index contributed by atoms with van der Waals surface area (Å²) in [4.78, 5) is 0. The fraction of sp³-hybridized carbons (Fsp3) is 0.600. The molecule has 0 bridgehead atoms. The van der Waals surface area contributed by atoms with Gasteiger partial charge in [-0.05, 0) is 58.3 Å². The Balaban J connectivity index is 3.19. The van der Waals surface area contributed by atoms with Gasteiger partial charge in [0.1, 0.15) is 0 Å². The minimum absolute atomic E-state index is 0.0826. The van der Waals surface area contributed by atoms with Crippen LogP contribution >= 0.6 is 23.2 Å². The minimum Gasteiger partial charge on any atom is -0.412 e. The van der Waals surface area contributed by atoms with Crippen LogP contribution in [0.1, 0.15) is 18.6 Å². The van der Waals surface area contributed by atoms with Crippen LogP contribution in [0.2, 0.25) is 49.3 Å². The molecule has 0 aromatic heterocycles. The van der Waals surface area contributed by atoms with Crippen molar-refractivity contribution in [3.05, 3.63) is 33.8 Å². The first-order chi connectivity index (χ1) is 9.41. The molecule has 120 valence electrons. The maximum Gasteiger partial charge on any atom is 0.184 e. The van der Waals surface area contributed by atoms with Crippen molar-refractivity contribution in [2.24, 2.45) is 0 Å². The molecule has 0 aliphatic heterocycles. The van der Waals surface area contributed by atoms with Crippen LogP contribution in [-0.2, 0) is 8.85 Å². The van der Waals surface area contributed by atoms with Gasteiger partial charge in [-0.3, -0.25) is 0 Å². The fourth-order valence-corrected chi connectivity index (χ4v) is 5.10. The number of halogens is 2. The van der Waals surface area contributed by atoms with E-state index >= 15 is 0 Å². The van der Waals surface area contributed by atoms with Gasteiger partial charge in [0.25, 0.3) is 0 Å². The van der Waals surface area contributed by atoms with Gasteiger partial charge in [-0.15, -0.1) is 0 Å². The number of benzene rings is 1. The first kappa shape index (κ1) is 19.2. The maximum atomic E-state index is 6.38. The number of hydrogen-bond acceptors (Lipinski definition) is 2. The molecule has 0 amide bonds. The van der Waals surface area contributed by atoms with E-state index in [0.29, 0.717) is 10.0 Å². The van der Waals surface area contributed by atoms with Crippen molar-refractivity contribution in [3.63, 3.8) is 0 Å². The highest BCUT2D eigenvalue weighted by molar-refractivity contribution is 6.70. The lowest BCUT2D eigenvalue weighted by molar-refractivity contribution is 0.0551. The fourth-order valence-electron chi connectivity index (χ4n) is 2.17. The molecule has 2 atom stereocenters. The van der Waals surface area contributed by atoms with Gasteiger partial charge in [0.05, 0.1) is 12.2 Å². The van der Waals surface area contributed by atoms with Gasteiger partial charge < -0.3 is 8.85 Å². The quantitative estimate of drug-likeness (QED) is 0.565. The monoisotopic (exact) mass is 364 g/mol. The highest BCUT2D eigenvalue weighted by Crippen LogP contribution is 2.37.